The Morgan fingerprint density at radius 1 is 1.20 bits per heavy atom. The van der Waals surface area contributed by atoms with Crippen LogP contribution in [0.5, 0.6) is 0 Å². The van der Waals surface area contributed by atoms with Crippen molar-refractivity contribution in [2.24, 2.45) is 11.8 Å². The normalized spacial score (nSPS) is 27.1. The molecule has 1 fully saturated rings. The number of carbonyl (C=O) groups is 3. The van der Waals surface area contributed by atoms with Crippen LogP contribution in [-0.2, 0) is 23.5 Å². The molecule has 0 aromatic carbocycles. The molecule has 0 aromatic heterocycles. The summed E-state index contributed by atoms with van der Waals surface area (Å²) in [5.41, 5.74) is 0. The summed E-state index contributed by atoms with van der Waals surface area (Å²) in [6, 6.07) is 0. The smallest absolute Gasteiger partial charge is 0.423 e. The molecule has 0 bridgehead atoms. The molecule has 0 N–H and O–H groups in total. The summed E-state index contributed by atoms with van der Waals surface area (Å²) >= 11 is 0. The summed E-state index contributed by atoms with van der Waals surface area (Å²) in [4.78, 5) is 37.5. The molecule has 1 saturated heterocycles. The number of methoxy groups -OCH3 is 2. The second kappa shape index (κ2) is 6.57. The van der Waals surface area contributed by atoms with E-state index >= 15 is 0 Å². The highest BCUT2D eigenvalue weighted by atomic mass is 28.4. The van der Waals surface area contributed by atoms with E-state index < -0.39 is 44.2 Å². The fourth-order valence-corrected chi connectivity index (χ4v) is 4.06. The van der Waals surface area contributed by atoms with Crippen molar-refractivity contribution in [3.63, 3.8) is 0 Å². The molecule has 2 aliphatic rings. The Morgan fingerprint density at radius 2 is 1.80 bits per heavy atom. The highest BCUT2D eigenvalue weighted by Crippen LogP contribution is 2.43. The zero-order valence-electron chi connectivity index (χ0n) is 15.9. The minimum Gasteiger partial charge on any atom is -0.547 e. The van der Waals surface area contributed by atoms with Crippen LogP contribution in [0.2, 0.25) is 18.1 Å². The predicted molar refractivity (Wildman–Crippen MR) is 93.0 cm³/mol. The van der Waals surface area contributed by atoms with E-state index in [1.165, 1.54) is 7.11 Å². The maximum atomic E-state index is 12.6. The molecule has 2 rings (SSSR count). The number of amides is 3. The number of carbonyl (C=O) groups excluding carboxylic acids is 3. The average molecular weight is 369 g/mol. The van der Waals surface area contributed by atoms with Gasteiger partial charge < -0.3 is 13.9 Å². The van der Waals surface area contributed by atoms with Crippen LogP contribution in [0.4, 0.5) is 4.79 Å². The molecular weight excluding hydrogens is 342 g/mol. The van der Waals surface area contributed by atoms with Crippen LogP contribution in [0.15, 0.2) is 11.8 Å². The van der Waals surface area contributed by atoms with E-state index in [9.17, 15) is 14.4 Å². The van der Waals surface area contributed by atoms with Crippen molar-refractivity contribution in [2.75, 3.05) is 14.2 Å². The van der Waals surface area contributed by atoms with Gasteiger partial charge in [-0.1, -0.05) is 20.8 Å². The Balaban J connectivity index is 2.32. The Hall–Kier alpha value is -1.67. The molecule has 7 nitrogen and oxygen atoms in total. The number of fused-ring (bicyclic) bond motifs is 1. The Labute approximate surface area is 149 Å². The molecule has 3 amide bonds. The van der Waals surface area contributed by atoms with Crippen LogP contribution in [0.3, 0.4) is 0 Å². The third-order valence-electron chi connectivity index (χ3n) is 5.42. The van der Waals surface area contributed by atoms with Crippen molar-refractivity contribution in [1.29, 1.82) is 0 Å². The average Bonchev–Trinajstić information content (AvgIpc) is 2.76. The number of nitrogens with zero attached hydrogens (tertiary/aromatic N) is 1. The quantitative estimate of drug-likeness (QED) is 0.562. The highest BCUT2D eigenvalue weighted by Gasteiger charge is 2.56. The minimum absolute atomic E-state index is 0.000807. The van der Waals surface area contributed by atoms with E-state index in [-0.39, 0.29) is 11.5 Å². The zero-order valence-corrected chi connectivity index (χ0v) is 16.9. The summed E-state index contributed by atoms with van der Waals surface area (Å²) in [7, 11) is 0.531. The first-order valence-corrected chi connectivity index (χ1v) is 11.2. The third kappa shape index (κ3) is 3.37. The van der Waals surface area contributed by atoms with E-state index in [0.29, 0.717) is 10.7 Å². The molecule has 25 heavy (non-hydrogen) atoms. The molecule has 0 aromatic rings. The van der Waals surface area contributed by atoms with Crippen molar-refractivity contribution in [3.8, 4) is 0 Å². The summed E-state index contributed by atoms with van der Waals surface area (Å²) in [5.74, 6) is -1.85. The number of ether oxygens (including phenoxy) is 2. The molecule has 0 unspecified atom stereocenters. The molecule has 3 atom stereocenters. The van der Waals surface area contributed by atoms with E-state index in [4.69, 9.17) is 9.16 Å². The lowest BCUT2D eigenvalue weighted by Crippen LogP contribution is -2.43. The van der Waals surface area contributed by atoms with Crippen LogP contribution >= 0.6 is 0 Å². The topological polar surface area (TPSA) is 82.1 Å². The van der Waals surface area contributed by atoms with Crippen LogP contribution in [-0.4, -0.2) is 51.4 Å². The zero-order chi connectivity index (χ0) is 19.2. The molecule has 0 spiro atoms. The van der Waals surface area contributed by atoms with Gasteiger partial charge in [0.2, 0.25) is 20.1 Å². The van der Waals surface area contributed by atoms with Gasteiger partial charge in [-0.2, -0.15) is 4.90 Å². The van der Waals surface area contributed by atoms with Gasteiger partial charge in [0.25, 0.3) is 0 Å². The SMILES string of the molecule is COC(=O)N1C(=O)[C@H]2[C@H](CC(O[Si](C)(C)C(C)(C)C)=C[C@H]2OC)C1=O. The summed E-state index contributed by atoms with van der Waals surface area (Å²) < 4.78 is 16.3. The predicted octanol–water partition coefficient (Wildman–Crippen LogP) is 2.68. The lowest BCUT2D eigenvalue weighted by atomic mass is 9.82. The van der Waals surface area contributed by atoms with E-state index in [0.717, 1.165) is 7.11 Å². The highest BCUT2D eigenvalue weighted by molar-refractivity contribution is 6.74. The lowest BCUT2D eigenvalue weighted by molar-refractivity contribution is -0.138. The molecule has 1 aliphatic heterocycles. The number of rotatable bonds is 3. The number of hydrogen-bond donors (Lipinski definition) is 0. The van der Waals surface area contributed by atoms with Gasteiger partial charge in [0.05, 0.1) is 30.8 Å². The molecule has 0 radical (unpaired) electrons. The molecule has 140 valence electrons. The molecule has 1 heterocycles. The standard InChI is InChI=1S/C17H27NO6Si/c1-17(2,3)25(6,7)24-10-8-11-13(12(9-10)22-4)15(20)18(14(11)19)16(21)23-5/h9,11-13H,8H2,1-7H3/t11-,12+,13-/m0/s1. The Bertz CT molecular complexity index is 621. The first kappa shape index (κ1) is 19.6. The van der Waals surface area contributed by atoms with E-state index in [1.54, 1.807) is 6.08 Å². The first-order valence-electron chi connectivity index (χ1n) is 8.33. The molecule has 8 heteroatoms. The first-order chi connectivity index (χ1) is 11.4. The van der Waals surface area contributed by atoms with Crippen molar-refractivity contribution in [2.45, 2.75) is 51.4 Å². The van der Waals surface area contributed by atoms with Gasteiger partial charge in [-0.3, -0.25) is 9.59 Å². The van der Waals surface area contributed by atoms with Gasteiger partial charge in [0, 0.05) is 13.5 Å². The van der Waals surface area contributed by atoms with Crippen LogP contribution in [0, 0.1) is 11.8 Å². The Morgan fingerprint density at radius 3 is 2.28 bits per heavy atom. The summed E-state index contributed by atoms with van der Waals surface area (Å²) in [6.45, 7) is 10.6. The maximum Gasteiger partial charge on any atom is 0.423 e. The Kier molecular flexibility index (Phi) is 5.16. The molecule has 0 saturated carbocycles. The fraction of sp³-hybridized carbons (Fsp3) is 0.706. The van der Waals surface area contributed by atoms with Crippen molar-refractivity contribution in [3.05, 3.63) is 11.8 Å². The lowest BCUT2D eigenvalue weighted by Gasteiger charge is -2.39. The second-order valence-electron chi connectivity index (χ2n) is 8.01. The van der Waals surface area contributed by atoms with Crippen molar-refractivity contribution < 1.29 is 28.3 Å². The van der Waals surface area contributed by atoms with Gasteiger partial charge in [-0.15, -0.1) is 0 Å². The van der Waals surface area contributed by atoms with Crippen LogP contribution in [0.1, 0.15) is 27.2 Å². The van der Waals surface area contributed by atoms with Crippen LogP contribution in [0.25, 0.3) is 0 Å². The summed E-state index contributed by atoms with van der Waals surface area (Å²) in [5, 5.41) is 0.000807. The number of imide groups is 3. The molecule has 1 aliphatic carbocycles. The van der Waals surface area contributed by atoms with E-state index in [2.05, 4.69) is 38.6 Å². The van der Waals surface area contributed by atoms with Crippen LogP contribution < -0.4 is 0 Å². The largest absolute Gasteiger partial charge is 0.547 e. The van der Waals surface area contributed by atoms with Crippen molar-refractivity contribution >= 4 is 26.2 Å². The van der Waals surface area contributed by atoms with Gasteiger partial charge in [0.1, 0.15) is 0 Å². The third-order valence-corrected chi connectivity index (χ3v) is 9.81. The number of hydrogen-bond acceptors (Lipinski definition) is 6. The molecular formula is C17H27NO6Si. The van der Waals surface area contributed by atoms with Gasteiger partial charge in [-0.25, -0.2) is 4.79 Å². The second-order valence-corrected chi connectivity index (χ2v) is 12.7. The van der Waals surface area contributed by atoms with Gasteiger partial charge >= 0.3 is 6.09 Å². The summed E-state index contributed by atoms with van der Waals surface area (Å²) in [6.07, 6.45) is 0.499. The monoisotopic (exact) mass is 369 g/mol. The van der Waals surface area contributed by atoms with Gasteiger partial charge in [-0.05, 0) is 24.2 Å². The van der Waals surface area contributed by atoms with E-state index in [1.807, 2.05) is 0 Å². The van der Waals surface area contributed by atoms with Gasteiger partial charge in [0.15, 0.2) is 0 Å². The minimum atomic E-state index is -2.09. The number of likely N-dealkylation sites (tertiary alicyclic amines) is 1. The fourth-order valence-electron chi connectivity index (χ4n) is 2.95. The van der Waals surface area contributed by atoms with Crippen molar-refractivity contribution in [1.82, 2.24) is 4.90 Å². The maximum absolute atomic E-state index is 12.6. The number of allylic oxidation sites excluding steroid dienone is 1.